The highest BCUT2D eigenvalue weighted by Gasteiger charge is 2.31. The average molecular weight is 355 g/mol. The van der Waals surface area contributed by atoms with Crippen LogP contribution in [0.2, 0.25) is 0 Å². The SMILES string of the molecule is CC1CCN(Cc2ccccc2)CC1N(C)C(=O)Nc1cccc(F)c1. The Morgan fingerprint density at radius 1 is 1.23 bits per heavy atom. The molecule has 1 heterocycles. The zero-order chi connectivity index (χ0) is 18.5. The maximum absolute atomic E-state index is 13.3. The van der Waals surface area contributed by atoms with Gasteiger partial charge in [-0.3, -0.25) is 4.90 Å². The molecule has 2 atom stereocenters. The maximum atomic E-state index is 13.3. The normalized spacial score (nSPS) is 20.6. The number of piperidine rings is 1. The molecule has 0 aromatic heterocycles. The number of carbonyl (C=O) groups excluding carboxylic acids is 1. The molecule has 1 fully saturated rings. The van der Waals surface area contributed by atoms with Crippen LogP contribution in [0, 0.1) is 11.7 Å². The number of rotatable bonds is 4. The van der Waals surface area contributed by atoms with E-state index in [0.29, 0.717) is 11.6 Å². The lowest BCUT2D eigenvalue weighted by molar-refractivity contribution is 0.0898. The van der Waals surface area contributed by atoms with Crippen LogP contribution in [0.5, 0.6) is 0 Å². The average Bonchev–Trinajstić information content (AvgIpc) is 2.63. The van der Waals surface area contributed by atoms with Crippen LogP contribution in [0.1, 0.15) is 18.9 Å². The first-order valence-electron chi connectivity index (χ1n) is 9.08. The third-order valence-electron chi connectivity index (χ3n) is 5.15. The van der Waals surface area contributed by atoms with E-state index in [-0.39, 0.29) is 17.9 Å². The topological polar surface area (TPSA) is 35.6 Å². The molecule has 0 radical (unpaired) electrons. The van der Waals surface area contributed by atoms with Gasteiger partial charge < -0.3 is 10.2 Å². The van der Waals surface area contributed by atoms with E-state index >= 15 is 0 Å². The lowest BCUT2D eigenvalue weighted by atomic mass is 9.92. The largest absolute Gasteiger partial charge is 0.323 e. The van der Waals surface area contributed by atoms with Gasteiger partial charge in [0.15, 0.2) is 0 Å². The first kappa shape index (κ1) is 18.4. The van der Waals surface area contributed by atoms with E-state index in [9.17, 15) is 9.18 Å². The van der Waals surface area contributed by atoms with Gasteiger partial charge in [0, 0.05) is 31.9 Å². The molecule has 138 valence electrons. The molecule has 2 unspecified atom stereocenters. The van der Waals surface area contributed by atoms with Gasteiger partial charge in [0.2, 0.25) is 0 Å². The third-order valence-corrected chi connectivity index (χ3v) is 5.15. The number of carbonyl (C=O) groups is 1. The quantitative estimate of drug-likeness (QED) is 0.892. The number of halogens is 1. The summed E-state index contributed by atoms with van der Waals surface area (Å²) in [5, 5.41) is 2.79. The Morgan fingerprint density at radius 2 is 2.00 bits per heavy atom. The van der Waals surface area contributed by atoms with Gasteiger partial charge in [-0.1, -0.05) is 43.3 Å². The van der Waals surface area contributed by atoms with Gasteiger partial charge in [-0.2, -0.15) is 0 Å². The number of benzene rings is 2. The lowest BCUT2D eigenvalue weighted by Gasteiger charge is -2.41. The number of likely N-dealkylation sites (tertiary alicyclic amines) is 1. The fraction of sp³-hybridized carbons (Fsp3) is 0.381. The highest BCUT2D eigenvalue weighted by Crippen LogP contribution is 2.23. The number of likely N-dealkylation sites (N-methyl/N-ethyl adjacent to an activating group) is 1. The zero-order valence-electron chi connectivity index (χ0n) is 15.4. The Hall–Kier alpha value is -2.40. The van der Waals surface area contributed by atoms with Crippen LogP contribution in [-0.2, 0) is 6.54 Å². The molecule has 4 nitrogen and oxygen atoms in total. The summed E-state index contributed by atoms with van der Waals surface area (Å²) in [5.41, 5.74) is 1.76. The standard InChI is InChI=1S/C21H26FN3O/c1-16-11-12-25(14-17-7-4-3-5-8-17)15-20(16)24(2)21(26)23-19-10-6-9-18(22)13-19/h3-10,13,16,20H,11-12,14-15H2,1-2H3,(H,23,26). The number of amides is 2. The predicted molar refractivity (Wildman–Crippen MR) is 102 cm³/mol. The smallest absolute Gasteiger partial charge is 0.321 e. The Bertz CT molecular complexity index is 737. The minimum Gasteiger partial charge on any atom is -0.323 e. The number of hydrogen-bond acceptors (Lipinski definition) is 2. The van der Waals surface area contributed by atoms with E-state index in [1.54, 1.807) is 17.0 Å². The van der Waals surface area contributed by atoms with Gasteiger partial charge >= 0.3 is 6.03 Å². The molecule has 3 rings (SSSR count). The molecular weight excluding hydrogens is 329 g/mol. The van der Waals surface area contributed by atoms with Gasteiger partial charge in [0.1, 0.15) is 5.82 Å². The summed E-state index contributed by atoms with van der Waals surface area (Å²) in [6.45, 7) is 4.95. The molecule has 2 aromatic rings. The van der Waals surface area contributed by atoms with Gasteiger partial charge in [-0.05, 0) is 42.6 Å². The van der Waals surface area contributed by atoms with Crippen molar-refractivity contribution < 1.29 is 9.18 Å². The summed E-state index contributed by atoms with van der Waals surface area (Å²) in [7, 11) is 1.82. The molecule has 0 aliphatic carbocycles. The Morgan fingerprint density at radius 3 is 2.73 bits per heavy atom. The second-order valence-corrected chi connectivity index (χ2v) is 7.11. The molecule has 2 aromatic carbocycles. The van der Waals surface area contributed by atoms with Crippen molar-refractivity contribution in [1.29, 1.82) is 0 Å². The van der Waals surface area contributed by atoms with Crippen molar-refractivity contribution in [3.63, 3.8) is 0 Å². The van der Waals surface area contributed by atoms with Crippen LogP contribution in [-0.4, -0.2) is 42.0 Å². The van der Waals surface area contributed by atoms with E-state index in [1.807, 2.05) is 13.1 Å². The fourth-order valence-electron chi connectivity index (χ4n) is 3.53. The zero-order valence-corrected chi connectivity index (χ0v) is 15.4. The third kappa shape index (κ3) is 4.61. The van der Waals surface area contributed by atoms with Gasteiger partial charge in [0.25, 0.3) is 0 Å². The van der Waals surface area contributed by atoms with E-state index < -0.39 is 0 Å². The van der Waals surface area contributed by atoms with Crippen LogP contribution in [0.4, 0.5) is 14.9 Å². The Balaban J connectivity index is 1.62. The summed E-state index contributed by atoms with van der Waals surface area (Å²) >= 11 is 0. The fourth-order valence-corrected chi connectivity index (χ4v) is 3.53. The van der Waals surface area contributed by atoms with E-state index in [4.69, 9.17) is 0 Å². The van der Waals surface area contributed by atoms with Crippen molar-refractivity contribution in [3.05, 3.63) is 66.0 Å². The summed E-state index contributed by atoms with van der Waals surface area (Å²) in [4.78, 5) is 16.8. The monoisotopic (exact) mass is 355 g/mol. The van der Waals surface area contributed by atoms with Crippen LogP contribution >= 0.6 is 0 Å². The van der Waals surface area contributed by atoms with E-state index in [0.717, 1.165) is 26.1 Å². The van der Waals surface area contributed by atoms with Crippen molar-refractivity contribution in [3.8, 4) is 0 Å². The van der Waals surface area contributed by atoms with E-state index in [1.165, 1.54) is 17.7 Å². The highest BCUT2D eigenvalue weighted by atomic mass is 19.1. The number of anilines is 1. The van der Waals surface area contributed by atoms with Crippen LogP contribution < -0.4 is 5.32 Å². The lowest BCUT2D eigenvalue weighted by Crippen LogP contribution is -2.53. The molecule has 1 N–H and O–H groups in total. The summed E-state index contributed by atoms with van der Waals surface area (Å²) in [6.07, 6.45) is 1.05. The van der Waals surface area contributed by atoms with Crippen molar-refractivity contribution in [2.75, 3.05) is 25.5 Å². The molecule has 1 saturated heterocycles. The molecule has 1 aliphatic heterocycles. The van der Waals surface area contributed by atoms with Crippen LogP contribution in [0.3, 0.4) is 0 Å². The van der Waals surface area contributed by atoms with E-state index in [2.05, 4.69) is 41.4 Å². The maximum Gasteiger partial charge on any atom is 0.321 e. The highest BCUT2D eigenvalue weighted by molar-refractivity contribution is 5.89. The van der Waals surface area contributed by atoms with Crippen molar-refractivity contribution in [2.24, 2.45) is 5.92 Å². The summed E-state index contributed by atoms with van der Waals surface area (Å²) in [5.74, 6) is 0.0656. The number of hydrogen-bond donors (Lipinski definition) is 1. The van der Waals surface area contributed by atoms with Gasteiger partial charge in [0.05, 0.1) is 0 Å². The number of nitrogens with one attached hydrogen (secondary N) is 1. The molecule has 1 aliphatic rings. The second-order valence-electron chi connectivity index (χ2n) is 7.11. The van der Waals surface area contributed by atoms with Gasteiger partial charge in [-0.25, -0.2) is 9.18 Å². The second kappa shape index (κ2) is 8.32. The van der Waals surface area contributed by atoms with Gasteiger partial charge in [-0.15, -0.1) is 0 Å². The first-order valence-corrected chi connectivity index (χ1v) is 9.08. The molecule has 0 saturated carbocycles. The minimum atomic E-state index is -0.356. The Labute approximate surface area is 154 Å². The molecule has 5 heteroatoms. The molecule has 0 bridgehead atoms. The molecule has 0 spiro atoms. The number of urea groups is 1. The molecular formula is C21H26FN3O. The van der Waals surface area contributed by atoms with Crippen molar-refractivity contribution in [1.82, 2.24) is 9.80 Å². The molecule has 26 heavy (non-hydrogen) atoms. The van der Waals surface area contributed by atoms with Crippen molar-refractivity contribution >= 4 is 11.7 Å². The van der Waals surface area contributed by atoms with Crippen molar-refractivity contribution in [2.45, 2.75) is 25.9 Å². The van der Waals surface area contributed by atoms with Crippen LogP contribution in [0.15, 0.2) is 54.6 Å². The summed E-state index contributed by atoms with van der Waals surface area (Å²) < 4.78 is 13.3. The minimum absolute atomic E-state index is 0.126. The predicted octanol–water partition coefficient (Wildman–Crippen LogP) is 4.20. The Kier molecular flexibility index (Phi) is 5.89. The van der Waals surface area contributed by atoms with Crippen LogP contribution in [0.25, 0.3) is 0 Å². The summed E-state index contributed by atoms with van der Waals surface area (Å²) in [6, 6.07) is 16.3. The first-order chi connectivity index (χ1) is 12.5. The molecule has 2 amide bonds. The number of nitrogens with zero attached hydrogens (tertiary/aromatic N) is 2.